The maximum absolute atomic E-state index is 12.7. The molecule has 1 aromatic carbocycles. The molecule has 0 aromatic heterocycles. The summed E-state index contributed by atoms with van der Waals surface area (Å²) in [5, 5.41) is 3.28. The first-order chi connectivity index (χ1) is 14.6. The Morgan fingerprint density at radius 2 is 1.57 bits per heavy atom. The Morgan fingerprint density at radius 1 is 0.933 bits per heavy atom. The van der Waals surface area contributed by atoms with Crippen LogP contribution < -0.4 is 10.2 Å². The molecular formula is C25H40N4O. The van der Waals surface area contributed by atoms with Gasteiger partial charge in [-0.2, -0.15) is 0 Å². The first kappa shape index (κ1) is 21.6. The molecule has 5 heteroatoms. The summed E-state index contributed by atoms with van der Waals surface area (Å²) < 4.78 is 0. The van der Waals surface area contributed by atoms with Gasteiger partial charge in [-0.1, -0.05) is 12.8 Å². The van der Waals surface area contributed by atoms with Gasteiger partial charge in [-0.15, -0.1) is 0 Å². The first-order valence-corrected chi connectivity index (χ1v) is 12.2. The minimum absolute atomic E-state index is 0.0837. The second kappa shape index (κ2) is 10.1. The Kier molecular flexibility index (Phi) is 7.32. The van der Waals surface area contributed by atoms with Crippen molar-refractivity contribution in [3.05, 3.63) is 29.8 Å². The van der Waals surface area contributed by atoms with Crippen LogP contribution in [-0.2, 0) is 0 Å². The van der Waals surface area contributed by atoms with Crippen LogP contribution >= 0.6 is 0 Å². The van der Waals surface area contributed by atoms with Gasteiger partial charge in [0.2, 0.25) is 0 Å². The fourth-order valence-electron chi connectivity index (χ4n) is 5.41. The van der Waals surface area contributed by atoms with E-state index < -0.39 is 0 Å². The van der Waals surface area contributed by atoms with Gasteiger partial charge >= 0.3 is 0 Å². The van der Waals surface area contributed by atoms with Crippen LogP contribution in [0.3, 0.4) is 0 Å². The molecule has 2 heterocycles. The van der Waals surface area contributed by atoms with E-state index >= 15 is 0 Å². The largest absolute Gasteiger partial charge is 0.369 e. The van der Waals surface area contributed by atoms with Crippen molar-refractivity contribution >= 4 is 11.6 Å². The highest BCUT2D eigenvalue weighted by molar-refractivity contribution is 5.94. The summed E-state index contributed by atoms with van der Waals surface area (Å²) in [5.74, 6) is 1.00. The highest BCUT2D eigenvalue weighted by Gasteiger charge is 2.25. The van der Waals surface area contributed by atoms with Crippen molar-refractivity contribution in [1.82, 2.24) is 15.1 Å². The molecule has 4 rings (SSSR count). The van der Waals surface area contributed by atoms with Crippen LogP contribution in [0.5, 0.6) is 0 Å². The standard InChI is InChI=1S/C25H40N4O/c1-20(2)28-15-17-29(18-16-28)24-9-7-22(8-10-24)25(30)26-23-11-13-27(14-12-23)19-21-5-3-4-6-21/h7-10,20-21,23H,3-6,11-19H2,1-2H3,(H,26,30). The third-order valence-corrected chi connectivity index (χ3v) is 7.45. The zero-order chi connectivity index (χ0) is 20.9. The number of likely N-dealkylation sites (tertiary alicyclic amines) is 1. The number of anilines is 1. The summed E-state index contributed by atoms with van der Waals surface area (Å²) in [7, 11) is 0. The molecule has 0 bridgehead atoms. The lowest BCUT2D eigenvalue weighted by molar-refractivity contribution is 0.0905. The van der Waals surface area contributed by atoms with E-state index in [0.29, 0.717) is 12.1 Å². The molecule has 3 fully saturated rings. The molecule has 0 radical (unpaired) electrons. The molecule has 1 N–H and O–H groups in total. The number of amides is 1. The number of piperidine rings is 1. The predicted molar refractivity (Wildman–Crippen MR) is 124 cm³/mol. The minimum Gasteiger partial charge on any atom is -0.369 e. The number of carbonyl (C=O) groups excluding carboxylic acids is 1. The molecule has 1 aliphatic carbocycles. The Bertz CT molecular complexity index is 667. The van der Waals surface area contributed by atoms with Gasteiger partial charge in [-0.3, -0.25) is 9.69 Å². The fourth-order valence-corrected chi connectivity index (χ4v) is 5.41. The molecule has 1 aromatic rings. The molecule has 0 atom stereocenters. The monoisotopic (exact) mass is 412 g/mol. The van der Waals surface area contributed by atoms with Gasteiger partial charge in [0.25, 0.3) is 5.91 Å². The lowest BCUT2D eigenvalue weighted by Crippen LogP contribution is -2.48. The van der Waals surface area contributed by atoms with Crippen molar-refractivity contribution in [2.24, 2.45) is 5.92 Å². The summed E-state index contributed by atoms with van der Waals surface area (Å²) >= 11 is 0. The molecule has 1 amide bonds. The van der Waals surface area contributed by atoms with Crippen LogP contribution in [0.25, 0.3) is 0 Å². The Labute approximate surface area is 182 Å². The van der Waals surface area contributed by atoms with Gasteiger partial charge in [0.05, 0.1) is 0 Å². The summed E-state index contributed by atoms with van der Waals surface area (Å²) in [6.45, 7) is 12.4. The van der Waals surface area contributed by atoms with E-state index in [0.717, 1.165) is 63.6 Å². The molecule has 2 aliphatic heterocycles. The number of piperazine rings is 1. The number of hydrogen-bond acceptors (Lipinski definition) is 4. The predicted octanol–water partition coefficient (Wildman–Crippen LogP) is 3.60. The summed E-state index contributed by atoms with van der Waals surface area (Å²) in [6.07, 6.45) is 7.84. The van der Waals surface area contributed by atoms with Crippen LogP contribution in [0.2, 0.25) is 0 Å². The van der Waals surface area contributed by atoms with E-state index in [4.69, 9.17) is 0 Å². The third kappa shape index (κ3) is 5.55. The van der Waals surface area contributed by atoms with Crippen LogP contribution in [-0.4, -0.2) is 73.6 Å². The average molecular weight is 413 g/mol. The quantitative estimate of drug-likeness (QED) is 0.775. The molecule has 5 nitrogen and oxygen atoms in total. The number of nitrogens with one attached hydrogen (secondary N) is 1. The zero-order valence-electron chi connectivity index (χ0n) is 19.0. The number of hydrogen-bond donors (Lipinski definition) is 1. The normalized spacial score (nSPS) is 22.7. The third-order valence-electron chi connectivity index (χ3n) is 7.45. The van der Waals surface area contributed by atoms with Gasteiger partial charge in [0.15, 0.2) is 0 Å². The van der Waals surface area contributed by atoms with Crippen molar-refractivity contribution in [2.45, 2.75) is 64.5 Å². The summed E-state index contributed by atoms with van der Waals surface area (Å²) in [5.41, 5.74) is 2.02. The van der Waals surface area contributed by atoms with Crippen LogP contribution in [0, 0.1) is 5.92 Å². The van der Waals surface area contributed by atoms with E-state index in [9.17, 15) is 4.79 Å². The first-order valence-electron chi connectivity index (χ1n) is 12.2. The van der Waals surface area contributed by atoms with Gasteiger partial charge < -0.3 is 15.1 Å². The Balaban J connectivity index is 1.21. The lowest BCUT2D eigenvalue weighted by Gasteiger charge is -2.38. The second-order valence-electron chi connectivity index (χ2n) is 9.86. The van der Waals surface area contributed by atoms with Crippen LogP contribution in [0.1, 0.15) is 62.7 Å². The molecular weight excluding hydrogens is 372 g/mol. The fraction of sp³-hybridized carbons (Fsp3) is 0.720. The highest BCUT2D eigenvalue weighted by Crippen LogP contribution is 2.26. The summed E-state index contributed by atoms with van der Waals surface area (Å²) in [6, 6.07) is 9.16. The number of nitrogens with zero attached hydrogens (tertiary/aromatic N) is 3. The molecule has 30 heavy (non-hydrogen) atoms. The van der Waals surface area contributed by atoms with Crippen LogP contribution in [0.4, 0.5) is 5.69 Å². The van der Waals surface area contributed by atoms with Gasteiger partial charge in [0.1, 0.15) is 0 Å². The zero-order valence-corrected chi connectivity index (χ0v) is 19.0. The molecule has 2 saturated heterocycles. The molecule has 0 unspecified atom stereocenters. The summed E-state index contributed by atoms with van der Waals surface area (Å²) in [4.78, 5) is 20.3. The number of benzene rings is 1. The maximum Gasteiger partial charge on any atom is 0.251 e. The van der Waals surface area contributed by atoms with Crippen molar-refractivity contribution in [2.75, 3.05) is 50.7 Å². The average Bonchev–Trinajstić information content (AvgIpc) is 3.28. The Morgan fingerprint density at radius 3 is 2.17 bits per heavy atom. The lowest BCUT2D eigenvalue weighted by atomic mass is 10.0. The molecule has 1 saturated carbocycles. The van der Waals surface area contributed by atoms with Gasteiger partial charge in [-0.25, -0.2) is 0 Å². The molecule has 0 spiro atoms. The maximum atomic E-state index is 12.7. The smallest absolute Gasteiger partial charge is 0.251 e. The van der Waals surface area contributed by atoms with Crippen molar-refractivity contribution in [1.29, 1.82) is 0 Å². The van der Waals surface area contributed by atoms with Gasteiger partial charge in [-0.05, 0) is 69.7 Å². The van der Waals surface area contributed by atoms with Crippen molar-refractivity contribution < 1.29 is 4.79 Å². The van der Waals surface area contributed by atoms with Crippen molar-refractivity contribution in [3.63, 3.8) is 0 Å². The van der Waals surface area contributed by atoms with E-state index in [-0.39, 0.29) is 5.91 Å². The van der Waals surface area contributed by atoms with E-state index in [1.165, 1.54) is 37.9 Å². The minimum atomic E-state index is 0.0837. The number of carbonyl (C=O) groups is 1. The molecule has 3 aliphatic rings. The SMILES string of the molecule is CC(C)N1CCN(c2ccc(C(=O)NC3CCN(CC4CCCC4)CC3)cc2)CC1. The topological polar surface area (TPSA) is 38.8 Å². The van der Waals surface area contributed by atoms with Crippen molar-refractivity contribution in [3.8, 4) is 0 Å². The van der Waals surface area contributed by atoms with E-state index in [2.05, 4.69) is 46.0 Å². The Hall–Kier alpha value is -1.59. The highest BCUT2D eigenvalue weighted by atomic mass is 16.1. The van der Waals surface area contributed by atoms with E-state index in [1.54, 1.807) is 0 Å². The number of rotatable bonds is 6. The van der Waals surface area contributed by atoms with Gasteiger partial charge in [0, 0.05) is 69.1 Å². The molecule has 166 valence electrons. The van der Waals surface area contributed by atoms with E-state index in [1.807, 2.05) is 12.1 Å². The van der Waals surface area contributed by atoms with Crippen LogP contribution in [0.15, 0.2) is 24.3 Å². The second-order valence-corrected chi connectivity index (χ2v) is 9.86.